The van der Waals surface area contributed by atoms with Gasteiger partial charge in [-0.1, -0.05) is 30.9 Å². The molecule has 0 bridgehead atoms. The molecule has 2 amide bonds. The molecule has 9 nitrogen and oxygen atoms in total. The molecule has 0 saturated carbocycles. The monoisotopic (exact) mass is 495 g/mol. The molecule has 1 aromatic carbocycles. The fourth-order valence-corrected chi connectivity index (χ4v) is 3.88. The third kappa shape index (κ3) is 6.33. The van der Waals surface area contributed by atoms with Crippen molar-refractivity contribution in [2.75, 3.05) is 47.6 Å². The van der Waals surface area contributed by atoms with Gasteiger partial charge in [0.2, 0.25) is 11.8 Å². The molecular formula is C27H33N3O6. The minimum Gasteiger partial charge on any atom is -0.495 e. The molecule has 3 atom stereocenters. The van der Waals surface area contributed by atoms with Gasteiger partial charge in [-0.25, -0.2) is 4.98 Å². The second-order valence-electron chi connectivity index (χ2n) is 8.86. The first-order valence-electron chi connectivity index (χ1n) is 11.8. The number of amides is 2. The summed E-state index contributed by atoms with van der Waals surface area (Å²) in [4.78, 5) is 33.4. The lowest BCUT2D eigenvalue weighted by Gasteiger charge is -2.37. The van der Waals surface area contributed by atoms with Crippen molar-refractivity contribution in [2.24, 2.45) is 5.92 Å². The number of hydrogen-bond acceptors (Lipinski definition) is 7. The standard InChI is InChI=1S/C27H33N3O6/c1-18-14-30(19(2)16-31)27(33)22-12-20(10-11-21-8-6-7-9-23(21)35-5)13-28-26(22)36-24(18)15-29(3)25(32)17-34-4/h6-9,12-13,18-19,24,31H,14-17H2,1-5H3/t18-,19-,24-/m0/s1. The average Bonchev–Trinajstić information content (AvgIpc) is 2.89. The van der Waals surface area contributed by atoms with Crippen LogP contribution in [0, 0.1) is 17.8 Å². The van der Waals surface area contributed by atoms with Crippen LogP contribution in [0.25, 0.3) is 0 Å². The lowest BCUT2D eigenvalue weighted by Crippen LogP contribution is -2.50. The molecular weight excluding hydrogens is 462 g/mol. The minimum atomic E-state index is -0.436. The average molecular weight is 496 g/mol. The van der Waals surface area contributed by atoms with Crippen LogP contribution in [-0.4, -0.2) is 91.4 Å². The highest BCUT2D eigenvalue weighted by Gasteiger charge is 2.34. The van der Waals surface area contributed by atoms with E-state index in [9.17, 15) is 14.7 Å². The van der Waals surface area contributed by atoms with Gasteiger partial charge in [0.1, 0.15) is 24.0 Å². The maximum Gasteiger partial charge on any atom is 0.259 e. The summed E-state index contributed by atoms with van der Waals surface area (Å²) in [6.07, 6.45) is 1.12. The number of hydrogen-bond donors (Lipinski definition) is 1. The number of carbonyl (C=O) groups excluding carboxylic acids is 2. The van der Waals surface area contributed by atoms with Gasteiger partial charge in [-0.15, -0.1) is 0 Å². The van der Waals surface area contributed by atoms with Crippen LogP contribution in [0.15, 0.2) is 36.5 Å². The molecule has 1 aromatic heterocycles. The highest BCUT2D eigenvalue weighted by atomic mass is 16.5. The molecule has 0 radical (unpaired) electrons. The Kier molecular flexibility index (Phi) is 9.28. The number of rotatable bonds is 7. The van der Waals surface area contributed by atoms with Gasteiger partial charge in [0.15, 0.2) is 0 Å². The van der Waals surface area contributed by atoms with Crippen LogP contribution in [0.3, 0.4) is 0 Å². The van der Waals surface area contributed by atoms with E-state index < -0.39 is 12.1 Å². The van der Waals surface area contributed by atoms with Crippen molar-refractivity contribution < 1.29 is 28.9 Å². The summed E-state index contributed by atoms with van der Waals surface area (Å²) in [7, 11) is 4.73. The van der Waals surface area contributed by atoms with E-state index in [1.54, 1.807) is 43.1 Å². The zero-order chi connectivity index (χ0) is 26.2. The molecule has 0 unspecified atom stereocenters. The molecule has 0 saturated heterocycles. The van der Waals surface area contributed by atoms with Crippen LogP contribution in [0.5, 0.6) is 11.6 Å². The van der Waals surface area contributed by atoms with Crippen molar-refractivity contribution in [2.45, 2.75) is 26.0 Å². The van der Waals surface area contributed by atoms with Crippen LogP contribution in [0.4, 0.5) is 0 Å². The zero-order valence-electron chi connectivity index (χ0n) is 21.4. The van der Waals surface area contributed by atoms with Crippen molar-refractivity contribution in [3.63, 3.8) is 0 Å². The van der Waals surface area contributed by atoms with Crippen LogP contribution < -0.4 is 9.47 Å². The lowest BCUT2D eigenvalue weighted by atomic mass is 10.00. The van der Waals surface area contributed by atoms with Gasteiger partial charge in [0, 0.05) is 38.4 Å². The van der Waals surface area contributed by atoms with Gasteiger partial charge in [-0.05, 0) is 25.1 Å². The van der Waals surface area contributed by atoms with Gasteiger partial charge in [-0.2, -0.15) is 0 Å². The van der Waals surface area contributed by atoms with Gasteiger partial charge in [0.05, 0.1) is 31.9 Å². The normalized spacial score (nSPS) is 18.1. The number of pyridine rings is 1. The third-order valence-electron chi connectivity index (χ3n) is 6.12. The summed E-state index contributed by atoms with van der Waals surface area (Å²) in [6.45, 7) is 4.14. The van der Waals surface area contributed by atoms with E-state index in [4.69, 9.17) is 14.2 Å². The Morgan fingerprint density at radius 2 is 2.08 bits per heavy atom. The number of likely N-dealkylation sites (N-methyl/N-ethyl adjacent to an activating group) is 1. The number of carbonyl (C=O) groups is 2. The molecule has 1 aliphatic heterocycles. The van der Waals surface area contributed by atoms with Crippen molar-refractivity contribution in [3.8, 4) is 23.5 Å². The third-order valence-corrected chi connectivity index (χ3v) is 6.12. The van der Waals surface area contributed by atoms with E-state index in [1.165, 1.54) is 7.11 Å². The summed E-state index contributed by atoms with van der Waals surface area (Å²) in [5.74, 6) is 6.31. The SMILES string of the molecule is COCC(=O)N(C)C[C@@H]1Oc2ncc(C#Cc3ccccc3OC)cc2C(=O)N([C@@H](C)CO)C[C@@H]1C. The van der Waals surface area contributed by atoms with Gasteiger partial charge in [0.25, 0.3) is 5.91 Å². The number of benzene rings is 1. The Morgan fingerprint density at radius 3 is 2.78 bits per heavy atom. The predicted molar refractivity (Wildman–Crippen MR) is 134 cm³/mol. The largest absolute Gasteiger partial charge is 0.495 e. The summed E-state index contributed by atoms with van der Waals surface area (Å²) < 4.78 is 16.5. The summed E-state index contributed by atoms with van der Waals surface area (Å²) >= 11 is 0. The van der Waals surface area contributed by atoms with Crippen LogP contribution in [-0.2, 0) is 9.53 Å². The van der Waals surface area contributed by atoms with Crippen molar-refractivity contribution >= 4 is 11.8 Å². The maximum atomic E-state index is 13.5. The van der Waals surface area contributed by atoms with E-state index in [0.717, 1.165) is 0 Å². The minimum absolute atomic E-state index is 0.0349. The summed E-state index contributed by atoms with van der Waals surface area (Å²) in [5, 5.41) is 9.82. The lowest BCUT2D eigenvalue weighted by molar-refractivity contribution is -0.135. The molecule has 9 heteroatoms. The first kappa shape index (κ1) is 27.0. The molecule has 0 aliphatic carbocycles. The second-order valence-corrected chi connectivity index (χ2v) is 8.86. The first-order valence-corrected chi connectivity index (χ1v) is 11.8. The van der Waals surface area contributed by atoms with Crippen molar-refractivity contribution in [1.82, 2.24) is 14.8 Å². The number of ether oxygens (including phenoxy) is 3. The maximum absolute atomic E-state index is 13.5. The van der Waals surface area contributed by atoms with E-state index in [-0.39, 0.29) is 48.9 Å². The Hall–Kier alpha value is -3.61. The molecule has 3 rings (SSSR count). The summed E-state index contributed by atoms with van der Waals surface area (Å²) in [5.41, 5.74) is 1.50. The molecule has 0 fully saturated rings. The number of aromatic nitrogens is 1. The van der Waals surface area contributed by atoms with E-state index in [1.807, 2.05) is 31.2 Å². The molecule has 1 aliphatic rings. The van der Waals surface area contributed by atoms with E-state index in [0.29, 0.717) is 23.4 Å². The quantitative estimate of drug-likeness (QED) is 0.585. The number of nitrogens with zero attached hydrogens (tertiary/aromatic N) is 3. The smallest absolute Gasteiger partial charge is 0.259 e. The van der Waals surface area contributed by atoms with Crippen LogP contribution in [0.2, 0.25) is 0 Å². The fraction of sp³-hybridized carbons (Fsp3) is 0.444. The number of aliphatic hydroxyl groups is 1. The van der Waals surface area contributed by atoms with Gasteiger partial charge >= 0.3 is 0 Å². The molecule has 1 N–H and O–H groups in total. The zero-order valence-corrected chi connectivity index (χ0v) is 21.4. The Balaban J connectivity index is 1.98. The molecule has 2 aromatic rings. The van der Waals surface area contributed by atoms with E-state index >= 15 is 0 Å². The Bertz CT molecular complexity index is 1140. The first-order chi connectivity index (χ1) is 17.3. The highest BCUT2D eigenvalue weighted by Crippen LogP contribution is 2.27. The number of methoxy groups -OCH3 is 2. The topological polar surface area (TPSA) is 101 Å². The summed E-state index contributed by atoms with van der Waals surface area (Å²) in [6, 6.07) is 8.64. The van der Waals surface area contributed by atoms with Gasteiger partial charge < -0.3 is 29.1 Å². The van der Waals surface area contributed by atoms with Crippen LogP contribution >= 0.6 is 0 Å². The van der Waals surface area contributed by atoms with Crippen molar-refractivity contribution in [3.05, 3.63) is 53.2 Å². The molecule has 0 spiro atoms. The number of aliphatic hydroxyl groups excluding tert-OH is 1. The van der Waals surface area contributed by atoms with Crippen molar-refractivity contribution in [1.29, 1.82) is 0 Å². The Morgan fingerprint density at radius 1 is 1.33 bits per heavy atom. The van der Waals surface area contributed by atoms with Gasteiger partial charge in [-0.3, -0.25) is 9.59 Å². The highest BCUT2D eigenvalue weighted by molar-refractivity contribution is 5.97. The molecule has 2 heterocycles. The number of fused-ring (bicyclic) bond motifs is 1. The number of para-hydroxylation sites is 1. The second kappa shape index (κ2) is 12.4. The predicted octanol–water partition coefficient (Wildman–Crippen LogP) is 1.81. The van der Waals surface area contributed by atoms with E-state index in [2.05, 4.69) is 16.8 Å². The molecule has 192 valence electrons. The van der Waals surface area contributed by atoms with Crippen LogP contribution in [0.1, 0.15) is 35.3 Å². The Labute approximate surface area is 212 Å². The molecule has 36 heavy (non-hydrogen) atoms. The fourth-order valence-electron chi connectivity index (χ4n) is 3.88.